The summed E-state index contributed by atoms with van der Waals surface area (Å²) in [6, 6.07) is 16.4. The summed E-state index contributed by atoms with van der Waals surface area (Å²) in [6.45, 7) is 3.07. The fraction of sp³-hybridized carbons (Fsp3) is 0.318. The summed E-state index contributed by atoms with van der Waals surface area (Å²) < 4.78 is 0. The van der Waals surface area contributed by atoms with E-state index in [4.69, 9.17) is 0 Å². The summed E-state index contributed by atoms with van der Waals surface area (Å²) in [5.74, 6) is -0.439. The van der Waals surface area contributed by atoms with Crippen molar-refractivity contribution in [2.45, 2.75) is 25.8 Å². The smallest absolute Gasteiger partial charge is 0.251 e. The molecule has 0 bridgehead atoms. The highest BCUT2D eigenvalue weighted by Gasteiger charge is 2.24. The fourth-order valence-corrected chi connectivity index (χ4v) is 3.29. The molecule has 0 atom stereocenters. The lowest BCUT2D eigenvalue weighted by Crippen LogP contribution is -2.49. The van der Waals surface area contributed by atoms with Gasteiger partial charge in [-0.3, -0.25) is 14.4 Å². The van der Waals surface area contributed by atoms with Crippen LogP contribution in [0, 0.1) is 6.92 Å². The van der Waals surface area contributed by atoms with Crippen molar-refractivity contribution in [1.29, 1.82) is 0 Å². The molecule has 1 fully saturated rings. The van der Waals surface area contributed by atoms with E-state index in [1.807, 2.05) is 31.2 Å². The molecule has 146 valence electrons. The van der Waals surface area contributed by atoms with Crippen molar-refractivity contribution in [3.05, 3.63) is 71.3 Å². The first-order valence-electron chi connectivity index (χ1n) is 9.51. The van der Waals surface area contributed by atoms with Crippen LogP contribution in [0.4, 0.5) is 0 Å². The van der Waals surface area contributed by atoms with Gasteiger partial charge in [-0.05, 0) is 44.0 Å². The van der Waals surface area contributed by atoms with Gasteiger partial charge in [0, 0.05) is 30.3 Å². The van der Waals surface area contributed by atoms with Crippen LogP contribution in [0.3, 0.4) is 0 Å². The van der Waals surface area contributed by atoms with E-state index in [-0.39, 0.29) is 30.3 Å². The molecule has 0 radical (unpaired) electrons. The molecular formula is C22H25N3O3. The molecule has 0 spiro atoms. The van der Waals surface area contributed by atoms with Crippen molar-refractivity contribution in [3.8, 4) is 0 Å². The van der Waals surface area contributed by atoms with Crippen LogP contribution in [0.15, 0.2) is 54.6 Å². The number of benzene rings is 2. The maximum Gasteiger partial charge on any atom is 0.251 e. The predicted molar refractivity (Wildman–Crippen MR) is 107 cm³/mol. The molecule has 0 aliphatic carbocycles. The van der Waals surface area contributed by atoms with Gasteiger partial charge in [-0.2, -0.15) is 0 Å². The first kappa shape index (κ1) is 19.6. The third kappa shape index (κ3) is 5.19. The van der Waals surface area contributed by atoms with E-state index < -0.39 is 0 Å². The lowest BCUT2D eigenvalue weighted by atomic mass is 10.0. The second-order valence-corrected chi connectivity index (χ2v) is 7.05. The Bertz CT molecular complexity index is 843. The van der Waals surface area contributed by atoms with E-state index in [1.165, 1.54) is 0 Å². The van der Waals surface area contributed by atoms with Gasteiger partial charge in [0.1, 0.15) is 0 Å². The number of aryl methyl sites for hydroxylation is 1. The fourth-order valence-electron chi connectivity index (χ4n) is 3.29. The summed E-state index contributed by atoms with van der Waals surface area (Å²) in [4.78, 5) is 38.5. The molecule has 0 saturated carbocycles. The lowest BCUT2D eigenvalue weighted by molar-refractivity contribution is -0.131. The van der Waals surface area contributed by atoms with Crippen LogP contribution in [0.5, 0.6) is 0 Å². The number of likely N-dealkylation sites (tertiary alicyclic amines) is 1. The van der Waals surface area contributed by atoms with Crippen molar-refractivity contribution in [2.75, 3.05) is 19.6 Å². The number of hydrogen-bond acceptors (Lipinski definition) is 3. The third-order valence-corrected chi connectivity index (χ3v) is 4.90. The summed E-state index contributed by atoms with van der Waals surface area (Å²) in [6.07, 6.45) is 1.41. The van der Waals surface area contributed by atoms with Crippen LogP contribution in [0.1, 0.15) is 39.1 Å². The van der Waals surface area contributed by atoms with Crippen molar-refractivity contribution >= 4 is 17.7 Å². The maximum atomic E-state index is 12.4. The standard InChI is InChI=1S/C22H25N3O3/c1-16-6-5-9-18(14-16)22(28)24-19-10-12-25(13-11-19)20(26)15-23-21(27)17-7-3-2-4-8-17/h2-9,14,19H,10-13,15H2,1H3,(H,23,27)(H,24,28). The van der Waals surface area contributed by atoms with Gasteiger partial charge in [-0.25, -0.2) is 0 Å². The second-order valence-electron chi connectivity index (χ2n) is 7.05. The van der Waals surface area contributed by atoms with Gasteiger partial charge in [0.15, 0.2) is 0 Å². The minimum absolute atomic E-state index is 0.0198. The van der Waals surface area contributed by atoms with Crippen molar-refractivity contribution in [2.24, 2.45) is 0 Å². The highest BCUT2D eigenvalue weighted by atomic mass is 16.2. The van der Waals surface area contributed by atoms with Crippen molar-refractivity contribution in [1.82, 2.24) is 15.5 Å². The number of carbonyl (C=O) groups excluding carboxylic acids is 3. The zero-order valence-electron chi connectivity index (χ0n) is 16.0. The Morgan fingerprint density at radius 1 is 0.929 bits per heavy atom. The minimum atomic E-state index is -0.255. The van der Waals surface area contributed by atoms with Gasteiger partial charge in [-0.1, -0.05) is 35.9 Å². The molecule has 2 aromatic carbocycles. The molecule has 28 heavy (non-hydrogen) atoms. The summed E-state index contributed by atoms with van der Waals surface area (Å²) in [5, 5.41) is 5.71. The van der Waals surface area contributed by atoms with Gasteiger partial charge >= 0.3 is 0 Å². The van der Waals surface area contributed by atoms with Gasteiger partial charge in [0.25, 0.3) is 11.8 Å². The molecule has 1 heterocycles. The molecule has 0 unspecified atom stereocenters. The Morgan fingerprint density at radius 3 is 2.29 bits per heavy atom. The highest BCUT2D eigenvalue weighted by Crippen LogP contribution is 2.12. The number of nitrogens with zero attached hydrogens (tertiary/aromatic N) is 1. The summed E-state index contributed by atoms with van der Waals surface area (Å²) >= 11 is 0. The number of carbonyl (C=O) groups is 3. The largest absolute Gasteiger partial charge is 0.349 e. The van der Waals surface area contributed by atoms with Gasteiger partial charge in [0.2, 0.25) is 5.91 Å². The van der Waals surface area contributed by atoms with Crippen molar-refractivity contribution in [3.63, 3.8) is 0 Å². The van der Waals surface area contributed by atoms with Crippen molar-refractivity contribution < 1.29 is 14.4 Å². The van der Waals surface area contributed by atoms with E-state index in [9.17, 15) is 14.4 Å². The van der Waals surface area contributed by atoms with E-state index >= 15 is 0 Å². The topological polar surface area (TPSA) is 78.5 Å². The highest BCUT2D eigenvalue weighted by molar-refractivity contribution is 5.96. The quantitative estimate of drug-likeness (QED) is 0.836. The predicted octanol–water partition coefficient (Wildman–Crippen LogP) is 2.15. The zero-order valence-corrected chi connectivity index (χ0v) is 16.0. The Balaban J connectivity index is 1.42. The van der Waals surface area contributed by atoms with Crippen LogP contribution < -0.4 is 10.6 Å². The Morgan fingerprint density at radius 2 is 1.61 bits per heavy atom. The third-order valence-electron chi connectivity index (χ3n) is 4.90. The van der Waals surface area contributed by atoms with E-state index in [1.54, 1.807) is 35.2 Å². The molecule has 2 aromatic rings. The Labute approximate surface area is 164 Å². The van der Waals surface area contributed by atoms with Crippen LogP contribution >= 0.6 is 0 Å². The molecule has 0 aromatic heterocycles. The monoisotopic (exact) mass is 379 g/mol. The van der Waals surface area contributed by atoms with Crippen LogP contribution in [-0.4, -0.2) is 48.3 Å². The van der Waals surface area contributed by atoms with Crippen LogP contribution in [0.2, 0.25) is 0 Å². The minimum Gasteiger partial charge on any atom is -0.349 e. The van der Waals surface area contributed by atoms with Crippen LogP contribution in [0.25, 0.3) is 0 Å². The zero-order chi connectivity index (χ0) is 19.9. The molecule has 3 rings (SSSR count). The summed E-state index contributed by atoms with van der Waals surface area (Å²) in [7, 11) is 0. The normalized spacial score (nSPS) is 14.4. The Hall–Kier alpha value is -3.15. The van der Waals surface area contributed by atoms with Gasteiger partial charge in [0.05, 0.1) is 6.54 Å². The summed E-state index contributed by atoms with van der Waals surface area (Å²) in [5.41, 5.74) is 2.24. The van der Waals surface area contributed by atoms with Gasteiger partial charge in [-0.15, -0.1) is 0 Å². The molecule has 6 nitrogen and oxygen atoms in total. The first-order valence-corrected chi connectivity index (χ1v) is 9.51. The SMILES string of the molecule is Cc1cccc(C(=O)NC2CCN(C(=O)CNC(=O)c3ccccc3)CC2)c1. The molecule has 1 saturated heterocycles. The number of hydrogen-bond donors (Lipinski definition) is 2. The van der Waals surface area contributed by atoms with Crippen LogP contribution in [-0.2, 0) is 4.79 Å². The average molecular weight is 379 g/mol. The number of rotatable bonds is 5. The molecule has 1 aliphatic rings. The maximum absolute atomic E-state index is 12.4. The average Bonchev–Trinajstić information content (AvgIpc) is 2.73. The van der Waals surface area contributed by atoms with E-state index in [2.05, 4.69) is 10.6 Å². The van der Waals surface area contributed by atoms with E-state index in [0.717, 1.165) is 5.56 Å². The molecule has 6 heteroatoms. The second kappa shape index (κ2) is 9.17. The number of piperidine rings is 1. The van der Waals surface area contributed by atoms with Gasteiger partial charge < -0.3 is 15.5 Å². The first-order chi connectivity index (χ1) is 13.5. The van der Waals surface area contributed by atoms with E-state index in [0.29, 0.717) is 37.1 Å². The molecule has 1 aliphatic heterocycles. The lowest BCUT2D eigenvalue weighted by Gasteiger charge is -2.32. The molecule has 2 N–H and O–H groups in total. The number of amides is 3. The number of nitrogens with one attached hydrogen (secondary N) is 2. The Kier molecular flexibility index (Phi) is 6.42. The molecular weight excluding hydrogens is 354 g/mol. The molecule has 3 amide bonds.